The van der Waals surface area contributed by atoms with Gasteiger partial charge in [-0.3, -0.25) is 10.1 Å². The maximum atomic E-state index is 11.4. The van der Waals surface area contributed by atoms with Crippen LogP contribution in [0.3, 0.4) is 0 Å². The van der Waals surface area contributed by atoms with Crippen LogP contribution in [0.5, 0.6) is 11.5 Å². The molecule has 2 N–H and O–H groups in total. The fourth-order valence-electron chi connectivity index (χ4n) is 1.91. The summed E-state index contributed by atoms with van der Waals surface area (Å²) in [5, 5.41) is 4.59. The first kappa shape index (κ1) is 12.9. The predicted octanol–water partition coefficient (Wildman–Crippen LogP) is 2.66. The van der Waals surface area contributed by atoms with Crippen LogP contribution in [0.1, 0.15) is 5.56 Å². The lowest BCUT2D eigenvalue weighted by Crippen LogP contribution is -2.22. The lowest BCUT2D eigenvalue weighted by atomic mass is 10.2. The van der Waals surface area contributed by atoms with Crippen molar-refractivity contribution < 1.29 is 14.3 Å². The quantitative estimate of drug-likeness (QED) is 0.671. The minimum absolute atomic E-state index is 0.233. The number of urea groups is 1. The van der Waals surface area contributed by atoms with E-state index in [9.17, 15) is 9.59 Å². The fraction of sp³-hybridized carbons (Fsp3) is 0. The molecule has 0 radical (unpaired) electrons. The molecule has 0 aliphatic carbocycles. The summed E-state index contributed by atoms with van der Waals surface area (Å²) < 4.78 is 5.67. The number of ether oxygens (including phenoxy) is 1. The summed E-state index contributed by atoms with van der Waals surface area (Å²) in [7, 11) is 0. The number of carbonyl (C=O) groups is 2. The molecule has 0 saturated carbocycles. The molecule has 21 heavy (non-hydrogen) atoms. The Bertz CT molecular complexity index is 706. The zero-order chi connectivity index (χ0) is 14.7. The van der Waals surface area contributed by atoms with E-state index >= 15 is 0 Å². The Morgan fingerprint density at radius 1 is 0.810 bits per heavy atom. The van der Waals surface area contributed by atoms with Crippen LogP contribution in [0.25, 0.3) is 6.08 Å². The van der Waals surface area contributed by atoms with E-state index in [0.717, 1.165) is 11.3 Å². The van der Waals surface area contributed by atoms with E-state index in [4.69, 9.17) is 4.74 Å². The second-order valence-corrected chi connectivity index (χ2v) is 4.45. The molecule has 2 aromatic carbocycles. The number of hydrogen-bond acceptors (Lipinski definition) is 3. The van der Waals surface area contributed by atoms with Gasteiger partial charge in [0, 0.05) is 0 Å². The van der Waals surface area contributed by atoms with E-state index in [1.165, 1.54) is 0 Å². The van der Waals surface area contributed by atoms with Gasteiger partial charge in [-0.25, -0.2) is 4.79 Å². The van der Waals surface area contributed by atoms with Crippen molar-refractivity contribution in [3.63, 3.8) is 0 Å². The molecule has 0 aromatic heterocycles. The maximum Gasteiger partial charge on any atom is 0.326 e. The van der Waals surface area contributed by atoms with Crippen molar-refractivity contribution in [2.45, 2.75) is 0 Å². The van der Waals surface area contributed by atoms with Gasteiger partial charge in [0.15, 0.2) is 0 Å². The van der Waals surface area contributed by atoms with E-state index < -0.39 is 11.9 Å². The number of carbonyl (C=O) groups excluding carboxylic acids is 2. The van der Waals surface area contributed by atoms with Crippen LogP contribution in [0, 0.1) is 0 Å². The molecule has 5 heteroatoms. The smallest absolute Gasteiger partial charge is 0.326 e. The Balaban J connectivity index is 1.74. The van der Waals surface area contributed by atoms with Gasteiger partial charge >= 0.3 is 6.03 Å². The minimum atomic E-state index is -0.504. The molecule has 1 fully saturated rings. The summed E-state index contributed by atoms with van der Waals surface area (Å²) in [6, 6.07) is 16.2. The average Bonchev–Trinajstić information content (AvgIpc) is 2.80. The van der Waals surface area contributed by atoms with Crippen LogP contribution in [-0.4, -0.2) is 11.9 Å². The van der Waals surface area contributed by atoms with Crippen LogP contribution < -0.4 is 15.4 Å². The van der Waals surface area contributed by atoms with Crippen molar-refractivity contribution in [2.75, 3.05) is 0 Å². The Morgan fingerprint density at radius 2 is 1.48 bits per heavy atom. The van der Waals surface area contributed by atoms with Crippen molar-refractivity contribution in [2.24, 2.45) is 0 Å². The van der Waals surface area contributed by atoms with Crippen molar-refractivity contribution in [3.05, 3.63) is 65.9 Å². The number of para-hydroxylation sites is 1. The molecule has 0 bridgehead atoms. The SMILES string of the molecule is O=C1NC(=O)/C(=C\c2ccc(Oc3ccccc3)cc2)N1. The lowest BCUT2D eigenvalue weighted by Gasteiger charge is -2.05. The van der Waals surface area contributed by atoms with Gasteiger partial charge in [-0.1, -0.05) is 30.3 Å². The number of nitrogens with one attached hydrogen (secondary N) is 2. The van der Waals surface area contributed by atoms with Gasteiger partial charge < -0.3 is 10.1 Å². The van der Waals surface area contributed by atoms with Crippen molar-refractivity contribution in [1.82, 2.24) is 10.6 Å². The number of amides is 3. The Kier molecular flexibility index (Phi) is 3.39. The molecule has 1 aliphatic heterocycles. The van der Waals surface area contributed by atoms with Crippen molar-refractivity contribution in [1.29, 1.82) is 0 Å². The molecule has 3 rings (SSSR count). The highest BCUT2D eigenvalue weighted by Gasteiger charge is 2.22. The van der Waals surface area contributed by atoms with Crippen molar-refractivity contribution >= 4 is 18.0 Å². The highest BCUT2D eigenvalue weighted by Crippen LogP contribution is 2.21. The minimum Gasteiger partial charge on any atom is -0.457 e. The predicted molar refractivity (Wildman–Crippen MR) is 77.6 cm³/mol. The second-order valence-electron chi connectivity index (χ2n) is 4.45. The van der Waals surface area contributed by atoms with Gasteiger partial charge in [0.2, 0.25) is 0 Å². The summed E-state index contributed by atoms with van der Waals surface area (Å²) in [6.07, 6.45) is 1.60. The van der Waals surface area contributed by atoms with E-state index in [1.807, 2.05) is 42.5 Å². The van der Waals surface area contributed by atoms with E-state index in [2.05, 4.69) is 10.6 Å². The van der Waals surface area contributed by atoms with Gasteiger partial charge in [0.1, 0.15) is 17.2 Å². The standard InChI is InChI=1S/C16H12N2O3/c19-15-14(17-16(20)18-15)10-11-6-8-13(9-7-11)21-12-4-2-1-3-5-12/h1-10H,(H2,17,18,19,20)/b14-10+. The Hall–Kier alpha value is -3.08. The molecule has 1 saturated heterocycles. The van der Waals surface area contributed by atoms with Crippen LogP contribution in [-0.2, 0) is 4.79 Å². The molecule has 3 amide bonds. The summed E-state index contributed by atoms with van der Waals surface area (Å²) >= 11 is 0. The first-order valence-electron chi connectivity index (χ1n) is 6.38. The molecule has 1 aliphatic rings. The number of hydrogen-bond donors (Lipinski definition) is 2. The molecule has 0 spiro atoms. The van der Waals surface area contributed by atoms with Gasteiger partial charge in [0.05, 0.1) is 0 Å². The fourth-order valence-corrected chi connectivity index (χ4v) is 1.91. The highest BCUT2D eigenvalue weighted by molar-refractivity contribution is 6.13. The molecule has 5 nitrogen and oxygen atoms in total. The van der Waals surface area contributed by atoms with Crippen LogP contribution in [0.4, 0.5) is 4.79 Å². The summed E-state index contributed by atoms with van der Waals surface area (Å²) in [4.78, 5) is 22.4. The number of rotatable bonds is 3. The summed E-state index contributed by atoms with van der Waals surface area (Å²) in [6.45, 7) is 0. The molecule has 2 aromatic rings. The van der Waals surface area contributed by atoms with E-state index in [1.54, 1.807) is 18.2 Å². The lowest BCUT2D eigenvalue weighted by molar-refractivity contribution is -0.115. The second kappa shape index (κ2) is 5.50. The van der Waals surface area contributed by atoms with E-state index in [-0.39, 0.29) is 5.70 Å². The molecule has 0 unspecified atom stereocenters. The van der Waals surface area contributed by atoms with Crippen molar-refractivity contribution in [3.8, 4) is 11.5 Å². The zero-order valence-electron chi connectivity index (χ0n) is 11.0. The third kappa shape index (κ3) is 3.09. The molecule has 104 valence electrons. The van der Waals surface area contributed by atoms with Crippen LogP contribution in [0.15, 0.2) is 60.3 Å². The Labute approximate surface area is 121 Å². The largest absolute Gasteiger partial charge is 0.457 e. The van der Waals surface area contributed by atoms with Crippen LogP contribution in [0.2, 0.25) is 0 Å². The third-order valence-corrected chi connectivity index (χ3v) is 2.89. The van der Waals surface area contributed by atoms with Gasteiger partial charge in [0.25, 0.3) is 5.91 Å². The normalized spacial score (nSPS) is 15.7. The maximum absolute atomic E-state index is 11.4. The molecular formula is C16H12N2O3. The number of imide groups is 1. The zero-order valence-corrected chi connectivity index (χ0v) is 11.0. The van der Waals surface area contributed by atoms with Gasteiger partial charge in [-0.2, -0.15) is 0 Å². The molecular weight excluding hydrogens is 268 g/mol. The molecule has 1 heterocycles. The molecule has 0 atom stereocenters. The first-order valence-corrected chi connectivity index (χ1v) is 6.38. The third-order valence-electron chi connectivity index (χ3n) is 2.89. The Morgan fingerprint density at radius 3 is 2.10 bits per heavy atom. The van der Waals surface area contributed by atoms with Gasteiger partial charge in [-0.05, 0) is 35.9 Å². The highest BCUT2D eigenvalue weighted by atomic mass is 16.5. The first-order chi connectivity index (χ1) is 10.2. The average molecular weight is 280 g/mol. The van der Waals surface area contributed by atoms with Gasteiger partial charge in [-0.15, -0.1) is 0 Å². The topological polar surface area (TPSA) is 67.4 Å². The van der Waals surface area contributed by atoms with Crippen LogP contribution >= 0.6 is 0 Å². The van der Waals surface area contributed by atoms with E-state index in [0.29, 0.717) is 5.75 Å². The number of benzene rings is 2. The summed E-state index contributed by atoms with van der Waals surface area (Å²) in [5.74, 6) is 1.03. The monoisotopic (exact) mass is 280 g/mol. The summed E-state index contributed by atoms with van der Waals surface area (Å²) in [5.41, 5.74) is 1.03.